The molecule has 7 nitrogen and oxygen atoms in total. The third kappa shape index (κ3) is 1.77. The number of carboxylic acid groups (broad SMARTS) is 1. The Bertz CT molecular complexity index is 434. The Morgan fingerprint density at radius 3 is 2.43 bits per heavy atom. The van der Waals surface area contributed by atoms with Crippen LogP contribution in [-0.4, -0.2) is 27.3 Å². The number of aromatic amines is 1. The van der Waals surface area contributed by atoms with E-state index in [1.165, 1.54) is 0 Å². The van der Waals surface area contributed by atoms with Crippen LogP contribution in [0.1, 0.15) is 20.8 Å². The van der Waals surface area contributed by atoms with Crippen LogP contribution in [0.15, 0.2) is 16.9 Å². The van der Waals surface area contributed by atoms with Gasteiger partial charge < -0.3 is 10.1 Å². The van der Waals surface area contributed by atoms with Gasteiger partial charge in [-0.2, -0.15) is 5.26 Å². The van der Waals surface area contributed by atoms with Crippen molar-refractivity contribution in [3.63, 3.8) is 0 Å². The van der Waals surface area contributed by atoms with E-state index in [1.54, 1.807) is 0 Å². The van der Waals surface area contributed by atoms with Gasteiger partial charge >= 0.3 is 11.9 Å². The lowest BCUT2D eigenvalue weighted by atomic mass is 10.2. The summed E-state index contributed by atoms with van der Waals surface area (Å²) < 4.78 is 0. The molecule has 1 heterocycles. The van der Waals surface area contributed by atoms with Gasteiger partial charge in [0.2, 0.25) is 0 Å². The van der Waals surface area contributed by atoms with Crippen LogP contribution in [0.3, 0.4) is 0 Å². The van der Waals surface area contributed by atoms with Crippen LogP contribution >= 0.6 is 0 Å². The van der Waals surface area contributed by atoms with Crippen LogP contribution in [0.2, 0.25) is 0 Å². The summed E-state index contributed by atoms with van der Waals surface area (Å²) in [4.78, 5) is 37.3. The molecule has 0 bridgehead atoms. The van der Waals surface area contributed by atoms with Crippen molar-refractivity contribution in [1.82, 2.24) is 4.98 Å². The summed E-state index contributed by atoms with van der Waals surface area (Å²) >= 11 is 0. The van der Waals surface area contributed by atoms with Gasteiger partial charge in [-0.1, -0.05) is 0 Å². The Labute approximate surface area is 76.5 Å². The van der Waals surface area contributed by atoms with Crippen LogP contribution < -0.4 is 5.56 Å². The molecule has 0 aromatic carbocycles. The first-order valence-corrected chi connectivity index (χ1v) is 3.38. The maximum Gasteiger partial charge on any atom is 0.388 e. The smallest absolute Gasteiger partial charge is 0.388 e. The highest BCUT2D eigenvalue weighted by Crippen LogP contribution is 1.96. The SMILES string of the molecule is O=C(OO)c1ccc(C(=O)O)c(=O)[nH]1. The summed E-state index contributed by atoms with van der Waals surface area (Å²) in [6.07, 6.45) is 0. The quantitative estimate of drug-likeness (QED) is 0.444. The van der Waals surface area contributed by atoms with Gasteiger partial charge in [0.1, 0.15) is 11.3 Å². The van der Waals surface area contributed by atoms with E-state index in [0.717, 1.165) is 12.1 Å². The minimum Gasteiger partial charge on any atom is -0.477 e. The van der Waals surface area contributed by atoms with Gasteiger partial charge in [0, 0.05) is 0 Å². The minimum absolute atomic E-state index is 0.331. The lowest BCUT2D eigenvalue weighted by Crippen LogP contribution is -2.20. The molecule has 0 saturated heterocycles. The highest BCUT2D eigenvalue weighted by atomic mass is 17.1. The number of carbonyl (C=O) groups excluding carboxylic acids is 1. The monoisotopic (exact) mass is 199 g/mol. The van der Waals surface area contributed by atoms with Gasteiger partial charge in [-0.3, -0.25) is 9.68 Å². The van der Waals surface area contributed by atoms with E-state index >= 15 is 0 Å². The summed E-state index contributed by atoms with van der Waals surface area (Å²) in [7, 11) is 0. The topological polar surface area (TPSA) is 117 Å². The van der Waals surface area contributed by atoms with E-state index < -0.39 is 23.1 Å². The Balaban J connectivity index is 3.20. The highest BCUT2D eigenvalue weighted by Gasteiger charge is 2.12. The third-order valence-corrected chi connectivity index (χ3v) is 1.44. The molecule has 0 amide bonds. The van der Waals surface area contributed by atoms with Crippen LogP contribution in [0.5, 0.6) is 0 Å². The van der Waals surface area contributed by atoms with Crippen molar-refractivity contribution in [2.45, 2.75) is 0 Å². The highest BCUT2D eigenvalue weighted by molar-refractivity contribution is 5.90. The first kappa shape index (κ1) is 9.93. The summed E-state index contributed by atoms with van der Waals surface area (Å²) in [5.74, 6) is -2.57. The molecule has 0 aliphatic carbocycles. The molecule has 0 spiro atoms. The molecule has 1 rings (SSSR count). The van der Waals surface area contributed by atoms with Gasteiger partial charge in [-0.15, -0.1) is 0 Å². The first-order valence-electron chi connectivity index (χ1n) is 3.38. The molecule has 14 heavy (non-hydrogen) atoms. The molecule has 1 aromatic rings. The molecule has 0 aliphatic heterocycles. The molecule has 3 N–H and O–H groups in total. The van der Waals surface area contributed by atoms with Crippen molar-refractivity contribution in [2.75, 3.05) is 0 Å². The molecule has 0 radical (unpaired) electrons. The van der Waals surface area contributed by atoms with Crippen molar-refractivity contribution in [2.24, 2.45) is 0 Å². The standard InChI is InChI=1S/C7H5NO6/c9-5-3(6(10)11)1-2-4(8-5)7(12)14-13/h1-2,13H,(H,8,9)(H,10,11). The Morgan fingerprint density at radius 1 is 1.36 bits per heavy atom. The average Bonchev–Trinajstić information content (AvgIpc) is 2.15. The summed E-state index contributed by atoms with van der Waals surface area (Å²) in [6, 6.07) is 1.96. The molecule has 0 unspecified atom stereocenters. The zero-order valence-corrected chi connectivity index (χ0v) is 6.68. The number of hydrogen-bond acceptors (Lipinski definition) is 5. The van der Waals surface area contributed by atoms with Crippen molar-refractivity contribution >= 4 is 11.9 Å². The second kappa shape index (κ2) is 3.71. The lowest BCUT2D eigenvalue weighted by molar-refractivity contribution is -0.183. The van der Waals surface area contributed by atoms with Crippen LogP contribution in [0.25, 0.3) is 0 Å². The van der Waals surface area contributed by atoms with Gasteiger partial charge in [-0.25, -0.2) is 9.59 Å². The molecular weight excluding hydrogens is 194 g/mol. The Morgan fingerprint density at radius 2 is 2.00 bits per heavy atom. The molecule has 0 atom stereocenters. The van der Waals surface area contributed by atoms with E-state index in [2.05, 4.69) is 4.89 Å². The summed E-state index contributed by atoms with van der Waals surface area (Å²) in [5.41, 5.74) is -1.78. The number of aromatic nitrogens is 1. The number of aromatic carboxylic acids is 1. The number of carbonyl (C=O) groups is 2. The largest absolute Gasteiger partial charge is 0.477 e. The Kier molecular flexibility index (Phi) is 2.63. The van der Waals surface area contributed by atoms with Crippen molar-refractivity contribution in [3.8, 4) is 0 Å². The number of hydrogen-bond donors (Lipinski definition) is 3. The maximum absolute atomic E-state index is 11.0. The van der Waals surface area contributed by atoms with E-state index in [4.69, 9.17) is 10.4 Å². The summed E-state index contributed by atoms with van der Waals surface area (Å²) in [5, 5.41) is 16.4. The molecular formula is C7H5NO6. The predicted octanol–water partition coefficient (Wildman–Crippen LogP) is -0.297. The van der Waals surface area contributed by atoms with Gasteiger partial charge in [-0.05, 0) is 12.1 Å². The number of rotatable bonds is 2. The van der Waals surface area contributed by atoms with Crippen molar-refractivity contribution in [3.05, 3.63) is 33.7 Å². The fourth-order valence-corrected chi connectivity index (χ4v) is 0.810. The first-order chi connectivity index (χ1) is 6.56. The number of carboxylic acids is 1. The molecule has 1 aromatic heterocycles. The van der Waals surface area contributed by atoms with E-state index in [1.807, 2.05) is 4.98 Å². The predicted molar refractivity (Wildman–Crippen MR) is 42.1 cm³/mol. The number of pyridine rings is 1. The van der Waals surface area contributed by atoms with E-state index in [9.17, 15) is 14.4 Å². The summed E-state index contributed by atoms with van der Waals surface area (Å²) in [6.45, 7) is 0. The minimum atomic E-state index is -1.41. The van der Waals surface area contributed by atoms with Crippen molar-refractivity contribution < 1.29 is 24.8 Å². The molecule has 7 heteroatoms. The van der Waals surface area contributed by atoms with Crippen LogP contribution in [0.4, 0.5) is 0 Å². The van der Waals surface area contributed by atoms with Gasteiger partial charge in [0.25, 0.3) is 5.56 Å². The zero-order valence-electron chi connectivity index (χ0n) is 6.68. The molecule has 74 valence electrons. The van der Waals surface area contributed by atoms with Crippen molar-refractivity contribution in [1.29, 1.82) is 0 Å². The van der Waals surface area contributed by atoms with Crippen LogP contribution in [-0.2, 0) is 4.89 Å². The number of nitrogens with one attached hydrogen (secondary N) is 1. The zero-order chi connectivity index (χ0) is 10.7. The molecule has 0 aliphatic rings. The molecule has 0 fully saturated rings. The Hall–Kier alpha value is -2.15. The fourth-order valence-electron chi connectivity index (χ4n) is 0.810. The van der Waals surface area contributed by atoms with Gasteiger partial charge in [0.05, 0.1) is 0 Å². The lowest BCUT2D eigenvalue weighted by Gasteiger charge is -1.97. The normalized spacial score (nSPS) is 9.50. The second-order valence-corrected chi connectivity index (χ2v) is 2.30. The second-order valence-electron chi connectivity index (χ2n) is 2.30. The van der Waals surface area contributed by atoms with Gasteiger partial charge in [0.15, 0.2) is 0 Å². The maximum atomic E-state index is 11.0. The molecule has 0 saturated carbocycles. The van der Waals surface area contributed by atoms with Crippen LogP contribution in [0, 0.1) is 0 Å². The average molecular weight is 199 g/mol. The fraction of sp³-hybridized carbons (Fsp3) is 0. The third-order valence-electron chi connectivity index (χ3n) is 1.44. The van der Waals surface area contributed by atoms with E-state index in [0.29, 0.717) is 0 Å². The van der Waals surface area contributed by atoms with E-state index in [-0.39, 0.29) is 5.69 Å². The number of H-pyrrole nitrogens is 1.